The van der Waals surface area contributed by atoms with Gasteiger partial charge < -0.3 is 50.5 Å². The van der Waals surface area contributed by atoms with Crippen LogP contribution >= 0.6 is 0 Å². The van der Waals surface area contributed by atoms with Crippen LogP contribution in [0.15, 0.2) is 24.3 Å². The Morgan fingerprint density at radius 1 is 0.420 bits per heavy atom. The largest absolute Gasteiger partial charge is 0.394 e. The first kappa shape index (κ1) is 77.6. The molecule has 1 saturated heterocycles. The average Bonchev–Trinajstić information content (AvgIpc) is 3.49. The molecule has 1 rings (SSSR count). The molecule has 0 bridgehead atoms. The van der Waals surface area contributed by atoms with Crippen LogP contribution in [0.1, 0.15) is 348 Å². The quantitative estimate of drug-likeness (QED) is 0.0215. The Bertz CT molecular complexity index is 1370. The van der Waals surface area contributed by atoms with Crippen LogP contribution in [0, 0.1) is 0 Å². The van der Waals surface area contributed by atoms with Crippen molar-refractivity contribution in [1.82, 2.24) is 5.32 Å². The fraction of sp³-hybridized carbons (Fsp3) is 0.929. The van der Waals surface area contributed by atoms with E-state index < -0.39 is 74.2 Å². The summed E-state index contributed by atoms with van der Waals surface area (Å²) in [4.78, 5) is 13.2. The van der Waals surface area contributed by atoms with Gasteiger partial charge in [-0.25, -0.2) is 0 Å². The van der Waals surface area contributed by atoms with E-state index in [1.807, 2.05) is 0 Å². The van der Waals surface area contributed by atoms with Gasteiger partial charge in [0.2, 0.25) is 5.91 Å². The van der Waals surface area contributed by atoms with E-state index in [0.29, 0.717) is 12.8 Å². The molecule has 0 aromatic carbocycles. The lowest BCUT2D eigenvalue weighted by molar-refractivity contribution is -0.303. The first-order valence-electron chi connectivity index (χ1n) is 35.2. The molecule has 0 aromatic rings. The highest BCUT2D eigenvalue weighted by molar-refractivity contribution is 5.80. The third kappa shape index (κ3) is 46.5. The number of aliphatic hydroxyl groups excluding tert-OH is 7. The number of aliphatic hydroxyl groups is 7. The zero-order valence-electron chi connectivity index (χ0n) is 53.0. The molecule has 0 radical (unpaired) electrons. The zero-order valence-corrected chi connectivity index (χ0v) is 53.0. The van der Waals surface area contributed by atoms with Gasteiger partial charge in [-0.15, -0.1) is 0 Å². The van der Waals surface area contributed by atoms with Crippen LogP contribution in [0.3, 0.4) is 0 Å². The highest BCUT2D eigenvalue weighted by Gasteiger charge is 2.44. The first-order chi connectivity index (χ1) is 39.7. The summed E-state index contributed by atoms with van der Waals surface area (Å²) >= 11 is 0. The first-order valence-corrected chi connectivity index (χ1v) is 35.2. The van der Waals surface area contributed by atoms with E-state index >= 15 is 0 Å². The van der Waals surface area contributed by atoms with E-state index in [0.717, 1.165) is 57.8 Å². The van der Waals surface area contributed by atoms with E-state index in [4.69, 9.17) is 9.47 Å². The number of allylic oxidation sites excluding steroid dienone is 4. The molecule has 8 N–H and O–H groups in total. The maximum Gasteiger partial charge on any atom is 0.249 e. The van der Waals surface area contributed by atoms with Gasteiger partial charge in [0.15, 0.2) is 6.29 Å². The van der Waals surface area contributed by atoms with E-state index in [2.05, 4.69) is 43.5 Å². The van der Waals surface area contributed by atoms with Crippen LogP contribution in [-0.4, -0.2) is 110 Å². The van der Waals surface area contributed by atoms with Gasteiger partial charge in [-0.05, 0) is 64.2 Å². The maximum atomic E-state index is 13.2. The second-order valence-electron chi connectivity index (χ2n) is 25.0. The monoisotopic (exact) mass is 1150 g/mol. The Labute approximate surface area is 499 Å². The van der Waals surface area contributed by atoms with Gasteiger partial charge in [-0.2, -0.15) is 0 Å². The summed E-state index contributed by atoms with van der Waals surface area (Å²) in [7, 11) is 0. The molecule has 0 spiro atoms. The third-order valence-corrected chi connectivity index (χ3v) is 17.2. The van der Waals surface area contributed by atoms with Crippen LogP contribution in [0.25, 0.3) is 0 Å². The molecule has 1 fully saturated rings. The highest BCUT2D eigenvalue weighted by atomic mass is 16.7. The molecule has 9 unspecified atom stereocenters. The summed E-state index contributed by atoms with van der Waals surface area (Å²) in [5, 5.41) is 76.4. The van der Waals surface area contributed by atoms with Crippen molar-refractivity contribution in [1.29, 1.82) is 0 Å². The van der Waals surface area contributed by atoms with E-state index in [9.17, 15) is 40.5 Å². The van der Waals surface area contributed by atoms with Gasteiger partial charge in [-0.1, -0.05) is 308 Å². The normalized spacial score (nSPS) is 19.2. The number of ether oxygens (including phenoxy) is 2. The lowest BCUT2D eigenvalue weighted by Gasteiger charge is -2.40. The second-order valence-corrected chi connectivity index (χ2v) is 25.0. The lowest BCUT2D eigenvalue weighted by atomic mass is 9.98. The van der Waals surface area contributed by atoms with Crippen molar-refractivity contribution < 1.29 is 50.0 Å². The summed E-state index contributed by atoms with van der Waals surface area (Å²) in [6, 6.07) is -1.19. The number of carbonyl (C=O) groups is 1. The van der Waals surface area contributed by atoms with E-state index in [-0.39, 0.29) is 12.8 Å². The minimum absolute atomic E-state index is 0.249. The van der Waals surface area contributed by atoms with Crippen LogP contribution < -0.4 is 5.32 Å². The van der Waals surface area contributed by atoms with Gasteiger partial charge in [0.1, 0.15) is 36.6 Å². The molecule has 9 atom stereocenters. The molecule has 1 heterocycles. The predicted octanol–water partition coefficient (Wildman–Crippen LogP) is 16.8. The Hall–Kier alpha value is -1.41. The molecule has 11 heteroatoms. The number of hydrogen-bond donors (Lipinski definition) is 8. The number of hydrogen-bond acceptors (Lipinski definition) is 10. The van der Waals surface area contributed by atoms with Crippen molar-refractivity contribution in [2.24, 2.45) is 0 Å². The Kier molecular flexibility index (Phi) is 56.5. The summed E-state index contributed by atoms with van der Waals surface area (Å²) in [6.07, 6.45) is 62.7. The molecule has 480 valence electrons. The summed E-state index contributed by atoms with van der Waals surface area (Å²) in [6.45, 7) is 3.50. The van der Waals surface area contributed by atoms with Gasteiger partial charge in [0, 0.05) is 0 Å². The average molecular weight is 1150 g/mol. The van der Waals surface area contributed by atoms with Crippen molar-refractivity contribution in [3.05, 3.63) is 24.3 Å². The fourth-order valence-corrected chi connectivity index (χ4v) is 11.6. The molecule has 0 saturated carbocycles. The zero-order chi connectivity index (χ0) is 58.9. The number of rotatable bonds is 62. The SMILES string of the molecule is CCCCCCCCCCCCCC/C=C\CCCCCCCCC(O)C(=O)NC(COC1OC(CO)C(O)C(O)C1O)C(O)C(O)CCC/C=C/CCCCCCCCCCCCCCCCCCCCCCCCCCCCC. The second kappa shape index (κ2) is 58.9. The minimum atomic E-state index is -1.67. The smallest absolute Gasteiger partial charge is 0.249 e. The summed E-state index contributed by atoms with van der Waals surface area (Å²) in [5.41, 5.74) is 0. The number of carbonyl (C=O) groups excluding carboxylic acids is 1. The Balaban J connectivity index is 2.20. The molecule has 1 aliphatic heterocycles. The van der Waals surface area contributed by atoms with Crippen LogP contribution in [0.2, 0.25) is 0 Å². The third-order valence-electron chi connectivity index (χ3n) is 17.2. The van der Waals surface area contributed by atoms with Gasteiger partial charge in [-0.3, -0.25) is 4.79 Å². The predicted molar refractivity (Wildman–Crippen MR) is 339 cm³/mol. The lowest BCUT2D eigenvalue weighted by Crippen LogP contribution is -2.60. The van der Waals surface area contributed by atoms with E-state index in [1.54, 1.807) is 0 Å². The molecular weight excluding hydrogens is 1010 g/mol. The maximum absolute atomic E-state index is 13.2. The number of amides is 1. The standard InChI is InChI=1S/C70H135NO10/c1-3-5-7-9-11-13-15-17-19-21-23-25-27-28-29-30-31-32-33-34-35-36-38-39-41-43-45-47-49-51-53-55-57-62(73)65(75)61(60-80-70-68(78)67(77)66(76)64(59-72)81-70)71-69(79)63(74)58-56-54-52-50-48-46-44-42-40-37-26-24-22-20-18-16-14-12-10-8-6-4-2/h40,42,49,51,61-68,70,72-78H,3-39,41,43-48,50,52-60H2,1-2H3,(H,71,79)/b42-40-,51-49+. The van der Waals surface area contributed by atoms with Crippen molar-refractivity contribution in [2.75, 3.05) is 13.2 Å². The van der Waals surface area contributed by atoms with Gasteiger partial charge >= 0.3 is 0 Å². The molecule has 81 heavy (non-hydrogen) atoms. The summed E-state index contributed by atoms with van der Waals surface area (Å²) in [5.74, 6) is -0.706. The van der Waals surface area contributed by atoms with Gasteiger partial charge in [0.25, 0.3) is 0 Å². The van der Waals surface area contributed by atoms with Crippen LogP contribution in [0.4, 0.5) is 0 Å². The molecule has 1 amide bonds. The topological polar surface area (TPSA) is 189 Å². The van der Waals surface area contributed by atoms with E-state index in [1.165, 1.54) is 250 Å². The molecule has 0 aliphatic carbocycles. The van der Waals surface area contributed by atoms with Crippen molar-refractivity contribution in [2.45, 2.75) is 403 Å². The van der Waals surface area contributed by atoms with Crippen LogP contribution in [0.5, 0.6) is 0 Å². The van der Waals surface area contributed by atoms with Crippen molar-refractivity contribution in [3.8, 4) is 0 Å². The number of unbranched alkanes of at least 4 members (excludes halogenated alkanes) is 46. The minimum Gasteiger partial charge on any atom is -0.394 e. The van der Waals surface area contributed by atoms with Crippen molar-refractivity contribution in [3.63, 3.8) is 0 Å². The molecular formula is C70H135NO10. The summed E-state index contributed by atoms with van der Waals surface area (Å²) < 4.78 is 11.2. The fourth-order valence-electron chi connectivity index (χ4n) is 11.6. The highest BCUT2D eigenvalue weighted by Crippen LogP contribution is 2.24. The molecule has 1 aliphatic rings. The molecule has 11 nitrogen and oxygen atoms in total. The Morgan fingerprint density at radius 2 is 0.728 bits per heavy atom. The Morgan fingerprint density at radius 3 is 1.06 bits per heavy atom. The number of nitrogens with one attached hydrogen (secondary N) is 1. The molecule has 0 aromatic heterocycles. The van der Waals surface area contributed by atoms with Crippen LogP contribution in [-0.2, 0) is 14.3 Å². The van der Waals surface area contributed by atoms with Gasteiger partial charge in [0.05, 0.1) is 25.4 Å². The van der Waals surface area contributed by atoms with Crippen molar-refractivity contribution >= 4 is 5.91 Å².